The Morgan fingerprint density at radius 1 is 0.619 bits per heavy atom. The van der Waals surface area contributed by atoms with Gasteiger partial charge in [-0.2, -0.15) is 0 Å². The highest BCUT2D eigenvalue weighted by Crippen LogP contribution is 2.31. The third-order valence-corrected chi connectivity index (χ3v) is 11.3. The van der Waals surface area contributed by atoms with Crippen molar-refractivity contribution in [3.63, 3.8) is 0 Å². The first-order chi connectivity index (χ1) is 20.6. The topological polar surface area (TPSA) is 57.4 Å². The molecular weight excluding hydrogens is 529 g/mol. The fourth-order valence-electron chi connectivity index (χ4n) is 5.50. The first kappa shape index (κ1) is 27.0. The second-order valence-electron chi connectivity index (χ2n) is 10.6. The Labute approximate surface area is 247 Å². The Morgan fingerprint density at radius 2 is 1.21 bits per heavy atom. The van der Waals surface area contributed by atoms with Crippen molar-refractivity contribution in [3.05, 3.63) is 133 Å². The van der Waals surface area contributed by atoms with Crippen LogP contribution in [-0.4, -0.2) is 28.0 Å². The molecule has 5 heterocycles. The molecule has 8 bridgehead atoms. The normalized spacial score (nSPS) is 12.0. The largest absolute Gasteiger partial charge is 0.355 e. The Bertz CT molecular complexity index is 1960. The average molecular weight is 561 g/mol. The van der Waals surface area contributed by atoms with Gasteiger partial charge in [-0.15, -0.1) is 25.3 Å². The monoisotopic (exact) mass is 560 g/mol. The van der Waals surface area contributed by atoms with Crippen LogP contribution in [-0.2, 0) is 0 Å². The van der Waals surface area contributed by atoms with E-state index in [0.717, 1.165) is 79.7 Å². The van der Waals surface area contributed by atoms with Gasteiger partial charge in [-0.25, -0.2) is 9.97 Å². The molecule has 0 saturated carbocycles. The first-order valence-electron chi connectivity index (χ1n) is 14.1. The van der Waals surface area contributed by atoms with Crippen molar-refractivity contribution < 1.29 is 0 Å². The lowest BCUT2D eigenvalue weighted by Crippen LogP contribution is -2.30. The Hall–Kier alpha value is -5.18. The molecule has 0 spiro atoms. The van der Waals surface area contributed by atoms with Gasteiger partial charge < -0.3 is 9.97 Å². The highest BCUT2D eigenvalue weighted by molar-refractivity contribution is 6.88. The van der Waals surface area contributed by atoms with Gasteiger partial charge in [-0.3, -0.25) is 0 Å². The van der Waals surface area contributed by atoms with E-state index in [1.54, 1.807) is 0 Å². The maximum atomic E-state index is 4.86. The number of aromatic nitrogens is 4. The SMILES string of the molecule is C=CC[Si](C#Cc1ccccc1-c1cc2cc3ccc(cc4nc(cc5nc(cc1[nH]2)C=C5)C=C4)[nH]3)(CC=C)CC=C. The van der Waals surface area contributed by atoms with Crippen molar-refractivity contribution in [1.29, 1.82) is 0 Å². The minimum Gasteiger partial charge on any atom is -0.355 e. The number of nitrogens with one attached hydrogen (secondary N) is 2. The molecule has 4 nitrogen and oxygen atoms in total. The summed E-state index contributed by atoms with van der Waals surface area (Å²) in [6.07, 6.45) is 14.1. The van der Waals surface area contributed by atoms with Gasteiger partial charge in [0.05, 0.1) is 22.8 Å². The minimum absolute atomic E-state index is 0.874. The summed E-state index contributed by atoms with van der Waals surface area (Å²) in [5.41, 5.74) is 14.4. The van der Waals surface area contributed by atoms with Crippen molar-refractivity contribution in [3.8, 4) is 22.6 Å². The molecule has 1 aromatic carbocycles. The fourth-order valence-corrected chi connectivity index (χ4v) is 8.36. The van der Waals surface area contributed by atoms with Crippen molar-refractivity contribution in [2.75, 3.05) is 0 Å². The van der Waals surface area contributed by atoms with E-state index in [0.29, 0.717) is 0 Å². The summed E-state index contributed by atoms with van der Waals surface area (Å²) in [6, 6.07) is 25.7. The summed E-state index contributed by atoms with van der Waals surface area (Å²) in [4.78, 5) is 16.7. The smallest absolute Gasteiger partial charge is 0.149 e. The lowest BCUT2D eigenvalue weighted by molar-refractivity contribution is 1.28. The zero-order valence-corrected chi connectivity index (χ0v) is 24.5. The fraction of sp³-hybridized carbons (Fsp3) is 0.0811. The van der Waals surface area contributed by atoms with Crippen LogP contribution in [0.1, 0.15) is 28.3 Å². The molecule has 0 fully saturated rings. The number of fused-ring (bicyclic) bond motifs is 8. The summed E-state index contributed by atoms with van der Waals surface area (Å²) >= 11 is 0. The number of benzene rings is 1. The number of H-pyrrole nitrogens is 2. The van der Waals surface area contributed by atoms with Crippen molar-refractivity contribution in [2.45, 2.75) is 18.1 Å². The summed E-state index contributed by atoms with van der Waals surface area (Å²) < 4.78 is 0. The molecule has 0 amide bonds. The second-order valence-corrected chi connectivity index (χ2v) is 14.7. The summed E-state index contributed by atoms with van der Waals surface area (Å²) in [7, 11) is -2.00. The molecule has 3 aromatic heterocycles. The van der Waals surface area contributed by atoms with Crippen LogP contribution < -0.4 is 0 Å². The Balaban J connectivity index is 1.57. The molecule has 2 N–H and O–H groups in total. The van der Waals surface area contributed by atoms with E-state index in [9.17, 15) is 0 Å². The van der Waals surface area contributed by atoms with Crippen LogP contribution in [0, 0.1) is 11.5 Å². The Kier molecular flexibility index (Phi) is 7.55. The molecule has 2 aliphatic heterocycles. The number of allylic oxidation sites excluding steroid dienone is 3. The van der Waals surface area contributed by atoms with Crippen molar-refractivity contribution >= 4 is 54.4 Å². The highest BCUT2D eigenvalue weighted by Gasteiger charge is 2.27. The van der Waals surface area contributed by atoms with E-state index in [1.807, 2.05) is 54.7 Å². The number of aromatic amines is 2. The van der Waals surface area contributed by atoms with Crippen LogP contribution in [0.15, 0.2) is 105 Å². The minimum atomic E-state index is -2.00. The molecule has 5 heteroatoms. The molecule has 0 radical (unpaired) electrons. The van der Waals surface area contributed by atoms with E-state index in [4.69, 9.17) is 9.97 Å². The molecule has 0 atom stereocenters. The lowest BCUT2D eigenvalue weighted by atomic mass is 10.0. The maximum Gasteiger partial charge on any atom is 0.149 e. The van der Waals surface area contributed by atoms with Gasteiger partial charge in [-0.1, -0.05) is 42.3 Å². The van der Waals surface area contributed by atoms with E-state index < -0.39 is 8.07 Å². The van der Waals surface area contributed by atoms with Gasteiger partial charge in [0.25, 0.3) is 0 Å². The van der Waals surface area contributed by atoms with E-state index in [2.05, 4.69) is 95.8 Å². The van der Waals surface area contributed by atoms with Crippen molar-refractivity contribution in [1.82, 2.24) is 19.9 Å². The van der Waals surface area contributed by atoms with E-state index >= 15 is 0 Å². The van der Waals surface area contributed by atoms with E-state index in [-0.39, 0.29) is 0 Å². The summed E-state index contributed by atoms with van der Waals surface area (Å²) in [6.45, 7) is 12.0. The van der Waals surface area contributed by atoms with Gasteiger partial charge in [0.2, 0.25) is 0 Å². The number of hydrogen-bond acceptors (Lipinski definition) is 2. The zero-order chi connectivity index (χ0) is 28.9. The molecule has 4 aromatic rings. The molecule has 2 aliphatic rings. The molecule has 0 unspecified atom stereocenters. The average Bonchev–Trinajstić information content (AvgIpc) is 3.78. The van der Waals surface area contributed by atoms with Gasteiger partial charge in [-0.05, 0) is 96.5 Å². The van der Waals surface area contributed by atoms with Crippen LogP contribution in [0.2, 0.25) is 18.1 Å². The summed E-state index contributed by atoms with van der Waals surface area (Å²) in [5, 5.41) is 0. The van der Waals surface area contributed by atoms with Gasteiger partial charge in [0.15, 0.2) is 0 Å². The number of nitrogens with zero attached hydrogens (tertiary/aromatic N) is 2. The predicted molar refractivity (Wildman–Crippen MR) is 182 cm³/mol. The van der Waals surface area contributed by atoms with Gasteiger partial charge in [0.1, 0.15) is 8.07 Å². The maximum absolute atomic E-state index is 4.86. The van der Waals surface area contributed by atoms with Gasteiger partial charge in [0, 0.05) is 33.2 Å². The zero-order valence-electron chi connectivity index (χ0n) is 23.5. The second kappa shape index (κ2) is 11.7. The first-order valence-corrected chi connectivity index (χ1v) is 16.7. The Morgan fingerprint density at radius 3 is 1.88 bits per heavy atom. The molecule has 6 rings (SSSR count). The molecule has 204 valence electrons. The van der Waals surface area contributed by atoms with Crippen LogP contribution in [0.25, 0.3) is 57.5 Å². The van der Waals surface area contributed by atoms with Crippen molar-refractivity contribution in [2.24, 2.45) is 0 Å². The van der Waals surface area contributed by atoms with E-state index in [1.165, 1.54) is 0 Å². The predicted octanol–water partition coefficient (Wildman–Crippen LogP) is 9.22. The standard InChI is InChI=1S/C37H32N4Si/c1-4-18-42(19-5-2,20-6-3)21-17-27-9-7-8-10-35(27)36-25-34-24-32-14-13-30(39-32)22-28-11-12-29(38-28)23-31-15-16-33(40-31)26-37(36)41-34/h4-16,22-26,39,41H,1-3,18-20H2. The third-order valence-electron chi connectivity index (χ3n) is 7.45. The molecule has 0 saturated heterocycles. The highest BCUT2D eigenvalue weighted by atomic mass is 28.3. The molecule has 0 aliphatic carbocycles. The third kappa shape index (κ3) is 5.81. The number of hydrogen-bond donors (Lipinski definition) is 2. The lowest BCUT2D eigenvalue weighted by Gasteiger charge is -2.21. The summed E-state index contributed by atoms with van der Waals surface area (Å²) in [5.74, 6) is 3.59. The van der Waals surface area contributed by atoms with Crippen LogP contribution in [0.3, 0.4) is 0 Å². The quantitative estimate of drug-likeness (QED) is 0.116. The molecular formula is C37H32N4Si. The van der Waals surface area contributed by atoms with Crippen LogP contribution in [0.5, 0.6) is 0 Å². The van der Waals surface area contributed by atoms with Crippen LogP contribution >= 0.6 is 0 Å². The molecule has 42 heavy (non-hydrogen) atoms. The van der Waals surface area contributed by atoms with Gasteiger partial charge >= 0.3 is 0 Å². The van der Waals surface area contributed by atoms with Crippen LogP contribution in [0.4, 0.5) is 0 Å². The number of rotatable bonds is 7.